The van der Waals surface area contributed by atoms with Gasteiger partial charge in [-0.3, -0.25) is 13.9 Å². The number of rotatable bonds is 10. The molecule has 0 aliphatic carbocycles. The zero-order valence-electron chi connectivity index (χ0n) is 20.3. The summed E-state index contributed by atoms with van der Waals surface area (Å²) in [6.07, 6.45) is 0.317. The maximum Gasteiger partial charge on any atom is 0.244 e. The molecule has 12 heteroatoms. The van der Waals surface area contributed by atoms with Gasteiger partial charge in [-0.2, -0.15) is 0 Å². The van der Waals surface area contributed by atoms with Gasteiger partial charge >= 0.3 is 0 Å². The number of carbonyl (C=O) groups excluding carboxylic acids is 2. The summed E-state index contributed by atoms with van der Waals surface area (Å²) < 4.78 is 38.3. The standard InChI is InChI=1S/C24H29Cl2N3O6S/c1-4-20(24(31)27-3)28(14-16-6-8-18(25)19(26)12-16)23(30)15-29(36(32,33)5-2)17-7-9-21-22(13-17)35-11-10-34-21/h6-9,12-13,20H,4-5,10-11,14-15H2,1-3H3,(H,27,31)/t20-/m1/s1. The van der Waals surface area contributed by atoms with Crippen LogP contribution >= 0.6 is 23.2 Å². The van der Waals surface area contributed by atoms with Crippen molar-refractivity contribution < 1.29 is 27.5 Å². The second-order valence-corrected chi connectivity index (χ2v) is 11.0. The van der Waals surface area contributed by atoms with Crippen molar-refractivity contribution >= 4 is 50.7 Å². The van der Waals surface area contributed by atoms with Gasteiger partial charge in [0.25, 0.3) is 0 Å². The van der Waals surface area contributed by atoms with Crippen LogP contribution in [-0.2, 0) is 26.2 Å². The van der Waals surface area contributed by atoms with E-state index < -0.39 is 28.5 Å². The van der Waals surface area contributed by atoms with E-state index in [0.29, 0.717) is 46.7 Å². The lowest BCUT2D eigenvalue weighted by atomic mass is 10.1. The minimum atomic E-state index is -3.86. The highest BCUT2D eigenvalue weighted by atomic mass is 35.5. The van der Waals surface area contributed by atoms with Crippen molar-refractivity contribution in [3.63, 3.8) is 0 Å². The third-order valence-corrected chi connectivity index (χ3v) is 8.24. The van der Waals surface area contributed by atoms with Gasteiger partial charge in [0.1, 0.15) is 25.8 Å². The zero-order valence-corrected chi connectivity index (χ0v) is 22.6. The summed E-state index contributed by atoms with van der Waals surface area (Å²) in [6, 6.07) is 8.80. The first-order valence-electron chi connectivity index (χ1n) is 11.5. The molecule has 0 fully saturated rings. The number of anilines is 1. The quantitative estimate of drug-likeness (QED) is 0.479. The van der Waals surface area contributed by atoms with Gasteiger partial charge in [0, 0.05) is 19.7 Å². The summed E-state index contributed by atoms with van der Waals surface area (Å²) in [5.74, 6) is -0.253. The number of nitrogens with zero attached hydrogens (tertiary/aromatic N) is 2. The molecular weight excluding hydrogens is 529 g/mol. The summed E-state index contributed by atoms with van der Waals surface area (Å²) in [4.78, 5) is 27.7. The average Bonchev–Trinajstić information content (AvgIpc) is 2.88. The number of halogens is 2. The van der Waals surface area contributed by atoms with Crippen molar-refractivity contribution in [3.8, 4) is 11.5 Å². The number of carbonyl (C=O) groups is 2. The Morgan fingerprint density at radius 3 is 2.33 bits per heavy atom. The van der Waals surface area contributed by atoms with Crippen LogP contribution in [0.5, 0.6) is 11.5 Å². The Kier molecular flexibility index (Phi) is 9.32. The molecule has 196 valence electrons. The molecule has 2 aromatic carbocycles. The Morgan fingerprint density at radius 2 is 1.72 bits per heavy atom. The lowest BCUT2D eigenvalue weighted by Crippen LogP contribution is -2.52. The van der Waals surface area contributed by atoms with Gasteiger partial charge in [-0.15, -0.1) is 0 Å². The number of fused-ring (bicyclic) bond motifs is 1. The lowest BCUT2D eigenvalue weighted by Gasteiger charge is -2.33. The molecule has 2 aromatic rings. The average molecular weight is 558 g/mol. The molecule has 0 saturated carbocycles. The second kappa shape index (κ2) is 12.0. The minimum absolute atomic E-state index is 0.0306. The number of hydrogen-bond acceptors (Lipinski definition) is 6. The zero-order chi connectivity index (χ0) is 26.5. The van der Waals surface area contributed by atoms with Gasteiger partial charge in [-0.05, 0) is 43.2 Å². The number of ether oxygens (including phenoxy) is 2. The summed E-state index contributed by atoms with van der Waals surface area (Å²) in [5.41, 5.74) is 0.904. The summed E-state index contributed by atoms with van der Waals surface area (Å²) in [7, 11) is -2.38. The number of sulfonamides is 1. The molecule has 1 aliphatic heterocycles. The molecule has 0 spiro atoms. The summed E-state index contributed by atoms with van der Waals surface area (Å²) in [5, 5.41) is 3.24. The normalized spacial score (nSPS) is 13.6. The number of likely N-dealkylation sites (N-methyl/N-ethyl adjacent to an activating group) is 1. The van der Waals surface area contributed by atoms with Crippen LogP contribution in [0.15, 0.2) is 36.4 Å². The van der Waals surface area contributed by atoms with E-state index in [1.165, 1.54) is 24.9 Å². The molecule has 0 radical (unpaired) electrons. The van der Waals surface area contributed by atoms with Crippen molar-refractivity contribution in [1.82, 2.24) is 10.2 Å². The number of benzene rings is 2. The van der Waals surface area contributed by atoms with Crippen LogP contribution in [0.3, 0.4) is 0 Å². The Bertz CT molecular complexity index is 1220. The smallest absolute Gasteiger partial charge is 0.244 e. The van der Waals surface area contributed by atoms with Crippen LogP contribution in [0.2, 0.25) is 10.0 Å². The fraction of sp³-hybridized carbons (Fsp3) is 0.417. The maximum atomic E-state index is 13.7. The molecule has 9 nitrogen and oxygen atoms in total. The van der Waals surface area contributed by atoms with Crippen molar-refractivity contribution in [3.05, 3.63) is 52.0 Å². The largest absolute Gasteiger partial charge is 0.486 e. The molecule has 3 rings (SSSR count). The van der Waals surface area contributed by atoms with E-state index in [9.17, 15) is 18.0 Å². The molecular formula is C24H29Cl2N3O6S. The Labute approximate surface area is 221 Å². The third kappa shape index (κ3) is 6.35. The highest BCUT2D eigenvalue weighted by molar-refractivity contribution is 7.92. The molecule has 1 aliphatic rings. The molecule has 36 heavy (non-hydrogen) atoms. The number of nitrogens with one attached hydrogen (secondary N) is 1. The highest BCUT2D eigenvalue weighted by Gasteiger charge is 2.32. The van der Waals surface area contributed by atoms with Gasteiger partial charge in [0.15, 0.2) is 11.5 Å². The van der Waals surface area contributed by atoms with Crippen LogP contribution in [0.25, 0.3) is 0 Å². The van der Waals surface area contributed by atoms with Crippen LogP contribution in [0, 0.1) is 0 Å². The van der Waals surface area contributed by atoms with Crippen LogP contribution in [0.1, 0.15) is 25.8 Å². The van der Waals surface area contributed by atoms with E-state index in [4.69, 9.17) is 32.7 Å². The minimum Gasteiger partial charge on any atom is -0.486 e. The fourth-order valence-corrected chi connectivity index (χ4v) is 5.20. The molecule has 0 aromatic heterocycles. The van der Waals surface area contributed by atoms with Gasteiger partial charge in [0.05, 0.1) is 21.5 Å². The van der Waals surface area contributed by atoms with Crippen molar-refractivity contribution in [2.75, 3.05) is 36.9 Å². The first-order chi connectivity index (χ1) is 17.1. The third-order valence-electron chi connectivity index (χ3n) is 5.76. The molecule has 0 bridgehead atoms. The van der Waals surface area contributed by atoms with E-state index in [2.05, 4.69) is 5.32 Å². The van der Waals surface area contributed by atoms with Gasteiger partial charge < -0.3 is 19.7 Å². The molecule has 0 saturated heterocycles. The van der Waals surface area contributed by atoms with Gasteiger partial charge in [0.2, 0.25) is 21.8 Å². The lowest BCUT2D eigenvalue weighted by molar-refractivity contribution is -0.140. The molecule has 1 atom stereocenters. The van der Waals surface area contributed by atoms with Crippen molar-refractivity contribution in [1.29, 1.82) is 0 Å². The van der Waals surface area contributed by atoms with Gasteiger partial charge in [-0.25, -0.2) is 8.42 Å². The Hall–Kier alpha value is -2.69. The fourth-order valence-electron chi connectivity index (χ4n) is 3.83. The number of amides is 2. The van der Waals surface area contributed by atoms with E-state index >= 15 is 0 Å². The highest BCUT2D eigenvalue weighted by Crippen LogP contribution is 2.35. The van der Waals surface area contributed by atoms with E-state index in [1.54, 1.807) is 37.3 Å². The van der Waals surface area contributed by atoms with Crippen molar-refractivity contribution in [2.24, 2.45) is 0 Å². The van der Waals surface area contributed by atoms with E-state index in [1.807, 2.05) is 0 Å². The Balaban J connectivity index is 1.98. The van der Waals surface area contributed by atoms with E-state index in [-0.39, 0.29) is 23.9 Å². The predicted octanol–water partition coefficient (Wildman–Crippen LogP) is 3.47. The second-order valence-electron chi connectivity index (χ2n) is 8.04. The first kappa shape index (κ1) is 27.9. The monoisotopic (exact) mass is 557 g/mol. The summed E-state index contributed by atoms with van der Waals surface area (Å²) in [6.45, 7) is 3.52. The molecule has 2 amide bonds. The Morgan fingerprint density at radius 1 is 1.03 bits per heavy atom. The molecule has 0 unspecified atom stereocenters. The van der Waals surface area contributed by atoms with Gasteiger partial charge in [-0.1, -0.05) is 36.2 Å². The first-order valence-corrected chi connectivity index (χ1v) is 13.8. The van der Waals surface area contributed by atoms with Crippen molar-refractivity contribution in [2.45, 2.75) is 32.9 Å². The topological polar surface area (TPSA) is 105 Å². The number of hydrogen-bond donors (Lipinski definition) is 1. The molecule has 1 heterocycles. The van der Waals surface area contributed by atoms with E-state index in [0.717, 1.165) is 4.31 Å². The maximum absolute atomic E-state index is 13.7. The summed E-state index contributed by atoms with van der Waals surface area (Å²) >= 11 is 12.2. The predicted molar refractivity (Wildman–Crippen MR) is 139 cm³/mol. The van der Waals surface area contributed by atoms with Crippen LogP contribution in [0.4, 0.5) is 5.69 Å². The van der Waals surface area contributed by atoms with Crippen LogP contribution < -0.4 is 19.1 Å². The molecule has 1 N–H and O–H groups in total. The van der Waals surface area contributed by atoms with Crippen LogP contribution in [-0.4, -0.2) is 63.7 Å². The SMILES string of the molecule is CC[C@H](C(=O)NC)N(Cc1ccc(Cl)c(Cl)c1)C(=O)CN(c1ccc2c(c1)OCCO2)S(=O)(=O)CC.